The molecule has 4 nitrogen and oxygen atoms in total. The van der Waals surface area contributed by atoms with Gasteiger partial charge in [-0.1, -0.05) is 85.4 Å². The van der Waals surface area contributed by atoms with E-state index in [0.717, 1.165) is 22.9 Å². The third-order valence-corrected chi connectivity index (χ3v) is 6.71. The monoisotopic (exact) mass is 450 g/mol. The molecule has 0 saturated carbocycles. The van der Waals surface area contributed by atoms with Crippen LogP contribution in [0.5, 0.6) is 0 Å². The van der Waals surface area contributed by atoms with Crippen molar-refractivity contribution >= 4 is 39.2 Å². The van der Waals surface area contributed by atoms with Crippen molar-refractivity contribution in [2.24, 2.45) is 0 Å². The van der Waals surface area contributed by atoms with Gasteiger partial charge < -0.3 is 0 Å². The third kappa shape index (κ3) is 4.08. The van der Waals surface area contributed by atoms with Gasteiger partial charge in [0.1, 0.15) is 0 Å². The van der Waals surface area contributed by atoms with Crippen LogP contribution in [-0.4, -0.2) is 21.1 Å². The van der Waals surface area contributed by atoms with Gasteiger partial charge in [-0.15, -0.1) is 0 Å². The fourth-order valence-electron chi connectivity index (χ4n) is 3.99. The van der Waals surface area contributed by atoms with E-state index < -0.39 is 0 Å². The van der Waals surface area contributed by atoms with E-state index in [-0.39, 0.29) is 17.1 Å². The molecule has 5 heteroatoms. The van der Waals surface area contributed by atoms with Crippen LogP contribution in [0.15, 0.2) is 101 Å². The van der Waals surface area contributed by atoms with E-state index in [9.17, 15) is 9.59 Å². The Hall–Kier alpha value is -3.70. The van der Waals surface area contributed by atoms with Gasteiger partial charge in [-0.2, -0.15) is 0 Å². The number of nitrogens with zero attached hydrogens (tertiary/aromatic N) is 2. The summed E-state index contributed by atoms with van der Waals surface area (Å²) in [5.41, 5.74) is 3.12. The van der Waals surface area contributed by atoms with Crippen molar-refractivity contribution in [1.82, 2.24) is 9.55 Å². The van der Waals surface area contributed by atoms with E-state index in [4.69, 9.17) is 4.98 Å². The van der Waals surface area contributed by atoms with Gasteiger partial charge in [0, 0.05) is 5.56 Å². The molecule has 1 aromatic heterocycles. The number of carbonyl (C=O) groups is 1. The van der Waals surface area contributed by atoms with Crippen molar-refractivity contribution in [2.45, 2.75) is 18.5 Å². The molecule has 0 radical (unpaired) electrons. The van der Waals surface area contributed by atoms with Crippen LogP contribution in [-0.2, 0) is 6.42 Å². The number of rotatable bonds is 6. The highest BCUT2D eigenvalue weighted by Gasteiger charge is 2.16. The molecule has 0 bridgehead atoms. The molecule has 0 aliphatic rings. The minimum Gasteiger partial charge on any atom is -0.293 e. The molecule has 1 heterocycles. The van der Waals surface area contributed by atoms with Crippen LogP contribution in [0.4, 0.5) is 0 Å². The Morgan fingerprint density at radius 1 is 0.848 bits per heavy atom. The topological polar surface area (TPSA) is 52.0 Å². The number of aryl methyl sites for hydroxylation is 1. The lowest BCUT2D eigenvalue weighted by Crippen LogP contribution is -2.22. The van der Waals surface area contributed by atoms with Crippen LogP contribution in [0.1, 0.15) is 22.8 Å². The molecule has 0 amide bonds. The van der Waals surface area contributed by atoms with Gasteiger partial charge in [-0.3, -0.25) is 14.2 Å². The van der Waals surface area contributed by atoms with E-state index >= 15 is 0 Å². The molecule has 5 rings (SSSR count). The summed E-state index contributed by atoms with van der Waals surface area (Å²) in [4.78, 5) is 31.4. The van der Waals surface area contributed by atoms with E-state index in [0.29, 0.717) is 21.6 Å². The molecule has 0 atom stereocenters. The molecule has 0 saturated heterocycles. The van der Waals surface area contributed by atoms with Gasteiger partial charge in [0.15, 0.2) is 10.9 Å². The van der Waals surface area contributed by atoms with Crippen LogP contribution >= 0.6 is 11.8 Å². The Bertz CT molecular complexity index is 1530. The molecule has 0 aliphatic heterocycles. The van der Waals surface area contributed by atoms with Crippen molar-refractivity contribution < 1.29 is 4.79 Å². The zero-order valence-corrected chi connectivity index (χ0v) is 19.0. The summed E-state index contributed by atoms with van der Waals surface area (Å²) >= 11 is 1.29. The van der Waals surface area contributed by atoms with Crippen molar-refractivity contribution in [3.05, 3.63) is 112 Å². The Kier molecular flexibility index (Phi) is 5.80. The number of para-hydroxylation sites is 1. The van der Waals surface area contributed by atoms with E-state index in [1.54, 1.807) is 10.6 Å². The maximum atomic E-state index is 13.4. The van der Waals surface area contributed by atoms with Crippen molar-refractivity contribution in [3.8, 4) is 5.69 Å². The first kappa shape index (κ1) is 21.2. The minimum atomic E-state index is -0.134. The molecule has 0 aliphatic carbocycles. The number of aromatic nitrogens is 2. The summed E-state index contributed by atoms with van der Waals surface area (Å²) in [6.45, 7) is 2.10. The number of thioether (sulfide) groups is 1. The Morgan fingerprint density at radius 3 is 2.33 bits per heavy atom. The van der Waals surface area contributed by atoms with Gasteiger partial charge in [-0.25, -0.2) is 4.98 Å². The summed E-state index contributed by atoms with van der Waals surface area (Å²) in [6.07, 6.45) is 0.923. The SMILES string of the molecule is CCc1ccc(-n2c(SCC(=O)c3cccc4ccccc34)nc3ccccc3c2=O)cc1. The standard InChI is InChI=1S/C28H22N2O2S/c1-2-19-14-16-21(17-15-19)30-27(32)24-11-5-6-13-25(24)29-28(30)33-18-26(31)23-12-7-9-20-8-3-4-10-22(20)23/h3-17H,2,18H2,1H3. The molecule has 4 aromatic carbocycles. The Balaban J connectivity index is 1.55. The lowest BCUT2D eigenvalue weighted by Gasteiger charge is -2.14. The van der Waals surface area contributed by atoms with Crippen LogP contribution in [0.2, 0.25) is 0 Å². The van der Waals surface area contributed by atoms with Crippen molar-refractivity contribution in [3.63, 3.8) is 0 Å². The van der Waals surface area contributed by atoms with E-state index in [1.807, 2.05) is 84.9 Å². The van der Waals surface area contributed by atoms with Crippen LogP contribution in [0.25, 0.3) is 27.4 Å². The maximum absolute atomic E-state index is 13.4. The molecule has 0 N–H and O–H groups in total. The average molecular weight is 451 g/mol. The summed E-state index contributed by atoms with van der Waals surface area (Å²) in [5.74, 6) is 0.193. The second-order valence-electron chi connectivity index (χ2n) is 7.81. The smallest absolute Gasteiger partial charge is 0.266 e. The second-order valence-corrected chi connectivity index (χ2v) is 8.75. The first-order chi connectivity index (χ1) is 16.2. The summed E-state index contributed by atoms with van der Waals surface area (Å²) in [6, 6.07) is 28.9. The quantitative estimate of drug-likeness (QED) is 0.179. The predicted molar refractivity (Wildman–Crippen MR) is 136 cm³/mol. The molecule has 0 unspecified atom stereocenters. The largest absolute Gasteiger partial charge is 0.293 e. The van der Waals surface area contributed by atoms with Crippen molar-refractivity contribution in [2.75, 3.05) is 5.75 Å². The van der Waals surface area contributed by atoms with Gasteiger partial charge in [0.25, 0.3) is 5.56 Å². The zero-order valence-electron chi connectivity index (χ0n) is 18.2. The number of Topliss-reactive ketones (excluding diaryl/α,β-unsaturated/α-hetero) is 1. The highest BCUT2D eigenvalue weighted by Crippen LogP contribution is 2.25. The third-order valence-electron chi connectivity index (χ3n) is 5.77. The number of fused-ring (bicyclic) bond motifs is 2. The highest BCUT2D eigenvalue weighted by atomic mass is 32.2. The highest BCUT2D eigenvalue weighted by molar-refractivity contribution is 7.99. The number of hydrogen-bond donors (Lipinski definition) is 0. The zero-order chi connectivity index (χ0) is 22.8. The molecule has 162 valence electrons. The number of hydrogen-bond acceptors (Lipinski definition) is 4. The van der Waals surface area contributed by atoms with Gasteiger partial charge in [-0.05, 0) is 47.0 Å². The Labute approximate surface area is 195 Å². The minimum absolute atomic E-state index is 0.00656. The van der Waals surface area contributed by atoms with Crippen LogP contribution in [0, 0.1) is 0 Å². The molecular formula is C28H22N2O2S. The van der Waals surface area contributed by atoms with E-state index in [2.05, 4.69) is 6.92 Å². The molecule has 5 aromatic rings. The number of carbonyl (C=O) groups excluding carboxylic acids is 1. The Morgan fingerprint density at radius 2 is 1.55 bits per heavy atom. The fourth-order valence-corrected chi connectivity index (χ4v) is 4.89. The lowest BCUT2D eigenvalue weighted by atomic mass is 10.0. The van der Waals surface area contributed by atoms with Gasteiger partial charge in [0.2, 0.25) is 0 Å². The summed E-state index contributed by atoms with van der Waals surface area (Å²) < 4.78 is 1.61. The first-order valence-corrected chi connectivity index (χ1v) is 11.9. The average Bonchev–Trinajstić information content (AvgIpc) is 2.87. The molecule has 0 spiro atoms. The molecule has 0 fully saturated rings. The van der Waals surface area contributed by atoms with Crippen LogP contribution in [0.3, 0.4) is 0 Å². The van der Waals surface area contributed by atoms with Gasteiger partial charge >= 0.3 is 0 Å². The fraction of sp³-hybridized carbons (Fsp3) is 0.107. The molecular weight excluding hydrogens is 428 g/mol. The van der Waals surface area contributed by atoms with Gasteiger partial charge in [0.05, 0.1) is 22.3 Å². The summed E-state index contributed by atoms with van der Waals surface area (Å²) in [7, 11) is 0. The maximum Gasteiger partial charge on any atom is 0.266 e. The summed E-state index contributed by atoms with van der Waals surface area (Å²) in [5, 5.41) is 3.04. The normalized spacial score (nSPS) is 11.2. The molecule has 33 heavy (non-hydrogen) atoms. The number of ketones is 1. The first-order valence-electron chi connectivity index (χ1n) is 10.9. The lowest BCUT2D eigenvalue weighted by molar-refractivity contribution is 0.102. The van der Waals surface area contributed by atoms with E-state index in [1.165, 1.54) is 17.3 Å². The predicted octanol–water partition coefficient (Wildman–Crippen LogP) is 6.08. The second kappa shape index (κ2) is 9.04. The van der Waals surface area contributed by atoms with Crippen molar-refractivity contribution in [1.29, 1.82) is 0 Å². The number of benzene rings is 4. The van der Waals surface area contributed by atoms with Crippen LogP contribution < -0.4 is 5.56 Å².